The maximum absolute atomic E-state index is 11.6. The Morgan fingerprint density at radius 3 is 2.20 bits per heavy atom. The number of hydrogen-bond acceptors (Lipinski definition) is 4. The van der Waals surface area contributed by atoms with Crippen molar-refractivity contribution in [1.82, 2.24) is 16.0 Å². The highest BCUT2D eigenvalue weighted by atomic mass is 127. The molecule has 0 aliphatic rings. The summed E-state index contributed by atoms with van der Waals surface area (Å²) in [4.78, 5) is 16.2. The zero-order valence-corrected chi connectivity index (χ0v) is 21.5. The Morgan fingerprint density at radius 1 is 1.03 bits per heavy atom. The van der Waals surface area contributed by atoms with Crippen LogP contribution in [0.4, 0.5) is 4.79 Å². The molecule has 0 fully saturated rings. The zero-order valence-electron chi connectivity index (χ0n) is 19.2. The van der Waals surface area contributed by atoms with Gasteiger partial charge >= 0.3 is 6.09 Å². The smallest absolute Gasteiger partial charge is 0.407 e. The Hall–Kier alpha value is -1.55. The normalized spacial score (nSPS) is 11.6. The van der Waals surface area contributed by atoms with Gasteiger partial charge in [0.25, 0.3) is 0 Å². The number of hydrogen-bond donors (Lipinski definition) is 3. The van der Waals surface area contributed by atoms with Crippen molar-refractivity contribution in [3.05, 3.63) is 35.4 Å². The number of ether oxygens (including phenoxy) is 2. The van der Waals surface area contributed by atoms with Crippen molar-refractivity contribution >= 4 is 36.0 Å². The molecule has 0 saturated heterocycles. The van der Waals surface area contributed by atoms with Crippen LogP contribution < -0.4 is 16.0 Å². The van der Waals surface area contributed by atoms with E-state index in [1.165, 1.54) is 0 Å². The van der Waals surface area contributed by atoms with Crippen molar-refractivity contribution in [1.29, 1.82) is 0 Å². The van der Waals surface area contributed by atoms with Crippen LogP contribution in [0.25, 0.3) is 0 Å². The van der Waals surface area contributed by atoms with E-state index in [9.17, 15) is 4.79 Å². The van der Waals surface area contributed by atoms with Crippen molar-refractivity contribution < 1.29 is 14.3 Å². The van der Waals surface area contributed by atoms with Crippen molar-refractivity contribution in [2.45, 2.75) is 72.8 Å². The van der Waals surface area contributed by atoms with E-state index >= 15 is 0 Å². The molecule has 30 heavy (non-hydrogen) atoms. The number of aliphatic imine (C=N–C) groups is 1. The highest BCUT2D eigenvalue weighted by Gasteiger charge is 2.15. The quantitative estimate of drug-likeness (QED) is 0.181. The van der Waals surface area contributed by atoms with Crippen LogP contribution in [0, 0.1) is 0 Å². The number of halogens is 1. The van der Waals surface area contributed by atoms with Gasteiger partial charge in [-0.3, -0.25) is 0 Å². The molecular weight excluding hydrogens is 495 g/mol. The third kappa shape index (κ3) is 14.4. The van der Waals surface area contributed by atoms with Crippen molar-refractivity contribution in [3.8, 4) is 0 Å². The Kier molecular flexibility index (Phi) is 14.5. The second-order valence-electron chi connectivity index (χ2n) is 8.08. The molecule has 0 spiro atoms. The fourth-order valence-electron chi connectivity index (χ4n) is 2.32. The van der Waals surface area contributed by atoms with Crippen LogP contribution in [0.5, 0.6) is 0 Å². The number of nitrogens with zero attached hydrogens (tertiary/aromatic N) is 1. The first-order valence-corrected chi connectivity index (χ1v) is 10.4. The second kappa shape index (κ2) is 15.3. The van der Waals surface area contributed by atoms with Gasteiger partial charge in [0, 0.05) is 19.6 Å². The number of benzene rings is 1. The third-order valence-electron chi connectivity index (χ3n) is 3.68. The summed E-state index contributed by atoms with van der Waals surface area (Å²) in [5, 5.41) is 9.27. The highest BCUT2D eigenvalue weighted by molar-refractivity contribution is 14.0. The molecule has 1 amide bonds. The number of carbonyl (C=O) groups excluding carboxylic acids is 1. The molecule has 0 saturated carbocycles. The Bertz CT molecular complexity index is 628. The first-order chi connectivity index (χ1) is 13.7. The van der Waals surface area contributed by atoms with Crippen LogP contribution in [-0.2, 0) is 22.6 Å². The first-order valence-electron chi connectivity index (χ1n) is 10.4. The van der Waals surface area contributed by atoms with Gasteiger partial charge in [0.2, 0.25) is 0 Å². The highest BCUT2D eigenvalue weighted by Crippen LogP contribution is 2.08. The summed E-state index contributed by atoms with van der Waals surface area (Å²) in [7, 11) is 0. The number of alkyl carbamates (subject to hydrolysis) is 1. The minimum absolute atomic E-state index is 0. The molecule has 0 heterocycles. The fraction of sp³-hybridized carbons (Fsp3) is 0.636. The third-order valence-corrected chi connectivity index (χ3v) is 3.68. The lowest BCUT2D eigenvalue weighted by Gasteiger charge is -2.19. The summed E-state index contributed by atoms with van der Waals surface area (Å²) in [6.07, 6.45) is 0.612. The zero-order chi connectivity index (χ0) is 21.7. The summed E-state index contributed by atoms with van der Waals surface area (Å²) >= 11 is 0. The molecule has 0 unspecified atom stereocenters. The van der Waals surface area contributed by atoms with E-state index in [-0.39, 0.29) is 36.2 Å². The number of nitrogens with one attached hydrogen (secondary N) is 3. The number of guanidine groups is 1. The lowest BCUT2D eigenvalue weighted by molar-refractivity contribution is 0.0527. The van der Waals surface area contributed by atoms with E-state index in [1.54, 1.807) is 0 Å². The molecule has 1 aromatic rings. The predicted octanol–water partition coefficient (Wildman–Crippen LogP) is 4.20. The summed E-state index contributed by atoms with van der Waals surface area (Å²) in [5.41, 5.74) is 1.82. The van der Waals surface area contributed by atoms with Crippen LogP contribution in [-0.4, -0.2) is 43.4 Å². The van der Waals surface area contributed by atoms with E-state index in [0.29, 0.717) is 26.2 Å². The number of carbonyl (C=O) groups is 1. The van der Waals surface area contributed by atoms with Gasteiger partial charge in [0.15, 0.2) is 5.96 Å². The van der Waals surface area contributed by atoms with Crippen molar-refractivity contribution in [2.24, 2.45) is 4.99 Å². The average Bonchev–Trinajstić information content (AvgIpc) is 2.63. The summed E-state index contributed by atoms with van der Waals surface area (Å²) in [6.45, 7) is 14.9. The van der Waals surface area contributed by atoms with E-state index < -0.39 is 5.60 Å². The Balaban J connectivity index is 0.00000841. The van der Waals surface area contributed by atoms with Gasteiger partial charge in [-0.15, -0.1) is 24.0 Å². The molecule has 0 aliphatic carbocycles. The lowest BCUT2D eigenvalue weighted by atomic mass is 10.1. The summed E-state index contributed by atoms with van der Waals surface area (Å²) in [5.74, 6) is 0.761. The second-order valence-corrected chi connectivity index (χ2v) is 8.08. The average molecular weight is 534 g/mol. The fourth-order valence-corrected chi connectivity index (χ4v) is 2.32. The molecule has 0 radical (unpaired) electrons. The molecular formula is C22H39IN4O3. The minimum Gasteiger partial charge on any atom is -0.444 e. The lowest BCUT2D eigenvalue weighted by Crippen LogP contribution is -2.39. The van der Waals surface area contributed by atoms with Crippen LogP contribution in [0.1, 0.15) is 59.1 Å². The molecule has 1 aromatic carbocycles. The molecule has 172 valence electrons. The molecule has 0 atom stereocenters. The predicted molar refractivity (Wildman–Crippen MR) is 133 cm³/mol. The Labute approximate surface area is 198 Å². The van der Waals surface area contributed by atoms with Crippen molar-refractivity contribution in [3.63, 3.8) is 0 Å². The largest absolute Gasteiger partial charge is 0.444 e. The van der Waals surface area contributed by atoms with Gasteiger partial charge in [-0.1, -0.05) is 24.3 Å². The van der Waals surface area contributed by atoms with Crippen molar-refractivity contribution in [2.75, 3.05) is 19.6 Å². The maximum atomic E-state index is 11.6. The van der Waals surface area contributed by atoms with Gasteiger partial charge < -0.3 is 25.4 Å². The number of rotatable bonds is 10. The van der Waals surface area contributed by atoms with E-state index in [0.717, 1.165) is 30.1 Å². The maximum Gasteiger partial charge on any atom is 0.407 e. The molecule has 8 heteroatoms. The van der Waals surface area contributed by atoms with Gasteiger partial charge in [-0.2, -0.15) is 0 Å². The molecule has 7 nitrogen and oxygen atoms in total. The van der Waals surface area contributed by atoms with Gasteiger partial charge in [-0.25, -0.2) is 9.79 Å². The standard InChI is InChI=1S/C22H38N4O3.HI/c1-7-23-20(24-13-8-14-25-21(27)29-22(4,5)6)26-15-18-9-11-19(12-10-18)16-28-17(2)3;/h9-12,17H,7-8,13-16H2,1-6H3,(H,25,27)(H2,23,24,26);1H. The first kappa shape index (κ1) is 28.5. The van der Waals surface area contributed by atoms with Gasteiger partial charge in [-0.05, 0) is 59.1 Å². The minimum atomic E-state index is -0.479. The Morgan fingerprint density at radius 2 is 1.63 bits per heavy atom. The number of amides is 1. The van der Waals surface area contributed by atoms with Crippen LogP contribution in [0.2, 0.25) is 0 Å². The van der Waals surface area contributed by atoms with Crippen LogP contribution in [0.15, 0.2) is 29.3 Å². The molecule has 0 aromatic heterocycles. The monoisotopic (exact) mass is 534 g/mol. The van der Waals surface area contributed by atoms with E-state index in [2.05, 4.69) is 45.2 Å². The molecule has 0 aliphatic heterocycles. The van der Waals surface area contributed by atoms with Crippen LogP contribution >= 0.6 is 24.0 Å². The molecule has 0 bridgehead atoms. The molecule has 3 N–H and O–H groups in total. The van der Waals surface area contributed by atoms with Crippen LogP contribution in [0.3, 0.4) is 0 Å². The molecule has 1 rings (SSSR count). The summed E-state index contributed by atoms with van der Waals surface area (Å²) < 4.78 is 10.8. The SMILES string of the molecule is CCNC(=NCc1ccc(COC(C)C)cc1)NCCCNC(=O)OC(C)(C)C.I. The van der Waals surface area contributed by atoms with E-state index in [1.807, 2.05) is 41.5 Å². The van der Waals surface area contributed by atoms with E-state index in [4.69, 9.17) is 9.47 Å². The van der Waals surface area contributed by atoms with Gasteiger partial charge in [0.05, 0.1) is 19.3 Å². The topological polar surface area (TPSA) is 84.0 Å². The summed E-state index contributed by atoms with van der Waals surface area (Å²) in [6, 6.07) is 8.32. The van der Waals surface area contributed by atoms with Gasteiger partial charge in [0.1, 0.15) is 5.60 Å².